The molecule has 2 aromatic rings. The molecule has 1 aliphatic carbocycles. The van der Waals surface area contributed by atoms with Gasteiger partial charge in [0.1, 0.15) is 6.07 Å². The predicted molar refractivity (Wildman–Crippen MR) is 72.9 cm³/mol. The molecule has 0 unspecified atom stereocenters. The molecule has 21 heavy (non-hydrogen) atoms. The fourth-order valence-corrected chi connectivity index (χ4v) is 3.26. The van der Waals surface area contributed by atoms with Gasteiger partial charge in [-0.25, -0.2) is 18.3 Å². The lowest BCUT2D eigenvalue weighted by molar-refractivity contribution is 0.152. The SMILES string of the molecule is CCC1(c2c(C#N)c(C(F)F)c3cnc(N)nn23)CCC1. The van der Waals surface area contributed by atoms with Crippen LogP contribution in [0.4, 0.5) is 14.7 Å². The number of nitriles is 1. The molecule has 1 aliphatic rings. The van der Waals surface area contributed by atoms with E-state index in [2.05, 4.69) is 10.1 Å². The summed E-state index contributed by atoms with van der Waals surface area (Å²) in [6.07, 6.45) is 2.07. The van der Waals surface area contributed by atoms with E-state index in [1.165, 1.54) is 10.7 Å². The Morgan fingerprint density at radius 2 is 2.24 bits per heavy atom. The Balaban J connectivity index is 2.42. The average molecular weight is 291 g/mol. The fourth-order valence-electron chi connectivity index (χ4n) is 3.26. The van der Waals surface area contributed by atoms with Gasteiger partial charge in [-0.1, -0.05) is 13.3 Å². The summed E-state index contributed by atoms with van der Waals surface area (Å²) < 4.78 is 28.3. The third-order valence-corrected chi connectivity index (χ3v) is 4.56. The number of nitrogen functional groups attached to an aromatic ring is 1. The fraction of sp³-hybridized carbons (Fsp3) is 0.500. The number of rotatable bonds is 3. The van der Waals surface area contributed by atoms with Crippen molar-refractivity contribution in [1.82, 2.24) is 14.6 Å². The smallest absolute Gasteiger partial charge is 0.267 e. The normalized spacial score (nSPS) is 16.9. The summed E-state index contributed by atoms with van der Waals surface area (Å²) in [5.74, 6) is 0.00892. The molecular weight excluding hydrogens is 276 g/mol. The molecule has 7 heteroatoms. The van der Waals surface area contributed by atoms with Gasteiger partial charge in [0.2, 0.25) is 5.95 Å². The van der Waals surface area contributed by atoms with Crippen molar-refractivity contribution in [3.05, 3.63) is 23.0 Å². The van der Waals surface area contributed by atoms with Gasteiger partial charge in [0.05, 0.1) is 28.5 Å². The zero-order chi connectivity index (χ0) is 15.2. The van der Waals surface area contributed by atoms with Gasteiger partial charge in [-0.15, -0.1) is 5.10 Å². The summed E-state index contributed by atoms with van der Waals surface area (Å²) in [7, 11) is 0. The largest absolute Gasteiger partial charge is 0.367 e. The molecule has 2 heterocycles. The Morgan fingerprint density at radius 3 is 2.71 bits per heavy atom. The van der Waals surface area contributed by atoms with Crippen LogP contribution in [0.5, 0.6) is 0 Å². The number of anilines is 1. The first-order valence-electron chi connectivity index (χ1n) is 6.90. The van der Waals surface area contributed by atoms with Crippen LogP contribution in [-0.4, -0.2) is 14.6 Å². The van der Waals surface area contributed by atoms with E-state index < -0.39 is 6.43 Å². The van der Waals surface area contributed by atoms with E-state index in [1.807, 2.05) is 13.0 Å². The third-order valence-electron chi connectivity index (χ3n) is 4.56. The van der Waals surface area contributed by atoms with Crippen molar-refractivity contribution in [3.8, 4) is 6.07 Å². The topological polar surface area (TPSA) is 80.0 Å². The van der Waals surface area contributed by atoms with E-state index in [0.717, 1.165) is 25.7 Å². The van der Waals surface area contributed by atoms with Crippen molar-refractivity contribution in [1.29, 1.82) is 5.26 Å². The molecule has 0 atom stereocenters. The lowest BCUT2D eigenvalue weighted by atomic mass is 9.64. The second-order valence-electron chi connectivity index (χ2n) is 5.45. The minimum absolute atomic E-state index is 0.00892. The second-order valence-corrected chi connectivity index (χ2v) is 5.45. The molecule has 0 saturated heterocycles. The highest BCUT2D eigenvalue weighted by Crippen LogP contribution is 2.49. The first-order valence-corrected chi connectivity index (χ1v) is 6.90. The van der Waals surface area contributed by atoms with Crippen molar-refractivity contribution < 1.29 is 8.78 Å². The number of nitrogens with two attached hydrogens (primary N) is 1. The summed E-state index contributed by atoms with van der Waals surface area (Å²) >= 11 is 0. The molecule has 2 aromatic heterocycles. The Kier molecular flexibility index (Phi) is 3.04. The van der Waals surface area contributed by atoms with Gasteiger partial charge >= 0.3 is 0 Å². The number of aromatic nitrogens is 3. The highest BCUT2D eigenvalue weighted by Gasteiger charge is 2.43. The molecule has 2 N–H and O–H groups in total. The maximum Gasteiger partial charge on any atom is 0.267 e. The Hall–Kier alpha value is -2.23. The molecule has 1 fully saturated rings. The zero-order valence-corrected chi connectivity index (χ0v) is 11.6. The van der Waals surface area contributed by atoms with Gasteiger partial charge in [0.15, 0.2) is 0 Å². The van der Waals surface area contributed by atoms with Gasteiger partial charge in [-0.2, -0.15) is 5.26 Å². The van der Waals surface area contributed by atoms with Crippen LogP contribution in [0, 0.1) is 11.3 Å². The molecule has 110 valence electrons. The van der Waals surface area contributed by atoms with Crippen molar-refractivity contribution in [3.63, 3.8) is 0 Å². The maximum absolute atomic E-state index is 13.4. The summed E-state index contributed by atoms with van der Waals surface area (Å²) in [5.41, 5.74) is 5.83. The first kappa shape index (κ1) is 13.7. The summed E-state index contributed by atoms with van der Waals surface area (Å²) in [5, 5.41) is 13.5. The first-order chi connectivity index (χ1) is 10.0. The van der Waals surface area contributed by atoms with Crippen molar-refractivity contribution in [2.75, 3.05) is 5.73 Å². The van der Waals surface area contributed by atoms with Gasteiger partial charge in [0, 0.05) is 5.41 Å². The van der Waals surface area contributed by atoms with Crippen molar-refractivity contribution in [2.24, 2.45) is 0 Å². The van der Waals surface area contributed by atoms with E-state index in [0.29, 0.717) is 5.69 Å². The lowest BCUT2D eigenvalue weighted by Crippen LogP contribution is -2.36. The highest BCUT2D eigenvalue weighted by molar-refractivity contribution is 5.66. The minimum Gasteiger partial charge on any atom is -0.367 e. The quantitative estimate of drug-likeness (QED) is 0.942. The van der Waals surface area contributed by atoms with Crippen LogP contribution in [0.25, 0.3) is 5.52 Å². The van der Waals surface area contributed by atoms with Crippen LogP contribution < -0.4 is 5.73 Å². The molecule has 3 rings (SSSR count). The van der Waals surface area contributed by atoms with E-state index in [-0.39, 0.29) is 28.0 Å². The van der Waals surface area contributed by atoms with Gasteiger partial charge in [-0.3, -0.25) is 0 Å². The van der Waals surface area contributed by atoms with E-state index in [9.17, 15) is 14.0 Å². The maximum atomic E-state index is 13.4. The number of fused-ring (bicyclic) bond motifs is 1. The molecular formula is C14H15F2N5. The van der Waals surface area contributed by atoms with Crippen LogP contribution in [0.1, 0.15) is 55.9 Å². The van der Waals surface area contributed by atoms with Crippen LogP contribution >= 0.6 is 0 Å². The third kappa shape index (κ3) is 1.78. The number of hydrogen-bond acceptors (Lipinski definition) is 4. The lowest BCUT2D eigenvalue weighted by Gasteiger charge is -2.41. The van der Waals surface area contributed by atoms with Crippen LogP contribution in [0.2, 0.25) is 0 Å². The van der Waals surface area contributed by atoms with Gasteiger partial charge in [-0.05, 0) is 19.3 Å². The summed E-state index contributed by atoms with van der Waals surface area (Å²) in [6.45, 7) is 2.01. The predicted octanol–water partition coefficient (Wildman–Crippen LogP) is 2.95. The molecule has 0 bridgehead atoms. The minimum atomic E-state index is -2.75. The molecule has 0 radical (unpaired) electrons. The van der Waals surface area contributed by atoms with Crippen LogP contribution in [-0.2, 0) is 5.41 Å². The van der Waals surface area contributed by atoms with Crippen molar-refractivity contribution in [2.45, 2.75) is 44.4 Å². The highest BCUT2D eigenvalue weighted by atomic mass is 19.3. The Morgan fingerprint density at radius 1 is 1.52 bits per heavy atom. The van der Waals surface area contributed by atoms with E-state index >= 15 is 0 Å². The monoisotopic (exact) mass is 291 g/mol. The Labute approximate surface area is 120 Å². The number of alkyl halides is 2. The average Bonchev–Trinajstić information content (AvgIpc) is 2.73. The zero-order valence-electron chi connectivity index (χ0n) is 11.6. The molecule has 0 aromatic carbocycles. The van der Waals surface area contributed by atoms with Crippen LogP contribution in [0.15, 0.2) is 6.20 Å². The standard InChI is InChI=1S/C14H15F2N5/c1-2-14(4-3-5-14)11-8(6-17)10(12(15)16)9-7-19-13(18)20-21(9)11/h7,12H,2-5H2,1H3,(H2,18,20). The molecule has 5 nitrogen and oxygen atoms in total. The molecule has 0 spiro atoms. The van der Waals surface area contributed by atoms with Crippen LogP contribution in [0.3, 0.4) is 0 Å². The van der Waals surface area contributed by atoms with Crippen molar-refractivity contribution >= 4 is 11.5 Å². The second kappa shape index (κ2) is 4.65. The van der Waals surface area contributed by atoms with E-state index in [1.54, 1.807) is 0 Å². The summed E-state index contributed by atoms with van der Waals surface area (Å²) in [6, 6.07) is 1.95. The molecule has 0 aliphatic heterocycles. The van der Waals surface area contributed by atoms with E-state index in [4.69, 9.17) is 5.73 Å². The molecule has 0 amide bonds. The Bertz CT molecular complexity index is 734. The van der Waals surface area contributed by atoms with Gasteiger partial charge < -0.3 is 5.73 Å². The number of hydrogen-bond donors (Lipinski definition) is 1. The molecule has 1 saturated carbocycles. The number of halogens is 2. The van der Waals surface area contributed by atoms with Gasteiger partial charge in [0.25, 0.3) is 6.43 Å². The number of nitrogens with zero attached hydrogens (tertiary/aromatic N) is 4. The summed E-state index contributed by atoms with van der Waals surface area (Å²) in [4.78, 5) is 3.79.